The predicted octanol–water partition coefficient (Wildman–Crippen LogP) is 1.23. The van der Waals surface area contributed by atoms with Crippen molar-refractivity contribution in [1.82, 2.24) is 0 Å². The lowest BCUT2D eigenvalue weighted by Gasteiger charge is -1.65. The largest absolute Gasteiger partial charge is 0.761 e. The van der Waals surface area contributed by atoms with Gasteiger partial charge in [-0.1, -0.05) is 0 Å². The molecule has 0 aromatic rings. The molecule has 0 aromatic heterocycles. The molecule has 76 valence electrons. The van der Waals surface area contributed by atoms with Gasteiger partial charge in [0.15, 0.2) is 0 Å². The summed E-state index contributed by atoms with van der Waals surface area (Å²) < 4.78 is 8.74. The molecule has 12 heavy (non-hydrogen) atoms. The molecule has 0 saturated heterocycles. The molecule has 0 aromatic carbocycles. The first-order valence-corrected chi connectivity index (χ1v) is 13.7. The zero-order chi connectivity index (χ0) is 10.7. The fourth-order valence-corrected chi connectivity index (χ4v) is 0. The molecule has 0 unspecified atom stereocenters. The third-order valence-electron chi connectivity index (χ3n) is 0. The Balaban J connectivity index is -0.000000101. The fraction of sp³-hybridized carbons (Fsp3) is 0. The van der Waals surface area contributed by atoms with Crippen LogP contribution in [0.15, 0.2) is 0 Å². The maximum Gasteiger partial charge on any atom is 0.761 e. The molecule has 0 amide bonds. The van der Waals surface area contributed by atoms with Crippen molar-refractivity contribution in [1.29, 1.82) is 0 Å². The lowest BCUT2D eigenvalue weighted by atomic mass is 15.8. The summed E-state index contributed by atoms with van der Waals surface area (Å²) >= 11 is 29.7. The second-order valence-corrected chi connectivity index (χ2v) is 14.2. The van der Waals surface area contributed by atoms with Crippen LogP contribution in [-0.2, 0) is 4.46 Å². The lowest BCUT2D eigenvalue weighted by Crippen LogP contribution is -1.90. The van der Waals surface area contributed by atoms with Crippen LogP contribution in [0.4, 0.5) is 0 Å². The monoisotopic (exact) mass is 346 g/mol. The van der Waals surface area contributed by atoms with Crippen LogP contribution in [0.1, 0.15) is 0 Å². The van der Waals surface area contributed by atoms with E-state index in [1.807, 2.05) is 0 Å². The fourth-order valence-electron chi connectivity index (χ4n) is 0. The molecule has 0 atom stereocenters. The van der Waals surface area contributed by atoms with Crippen molar-refractivity contribution in [2.75, 3.05) is 0 Å². The van der Waals surface area contributed by atoms with Gasteiger partial charge in [-0.15, -0.1) is 66.5 Å². The standard InChI is InChI=1S/2Cl3HSi.H2O3Si/c3*1-4(2)3/h2*4H;1-2H. The Morgan fingerprint density at radius 2 is 0.833 bits per heavy atom. The molecule has 0 spiro atoms. The normalized spacial score (nSPS) is 8.00. The highest BCUT2D eigenvalue weighted by Crippen LogP contribution is 1.97. The summed E-state index contributed by atoms with van der Waals surface area (Å²) in [4.78, 5) is 14.3. The molecule has 0 rings (SSSR count). The molecule has 3 nitrogen and oxygen atoms in total. The first-order chi connectivity index (χ1) is 5.20. The molecule has 0 radical (unpaired) electrons. The van der Waals surface area contributed by atoms with Crippen LogP contribution in [0.3, 0.4) is 0 Å². The zero-order valence-electron chi connectivity index (χ0n) is 5.23. The van der Waals surface area contributed by atoms with Gasteiger partial charge in [0.2, 0.25) is 0 Å². The third-order valence-corrected chi connectivity index (χ3v) is 0. The summed E-state index contributed by atoms with van der Waals surface area (Å²) in [6, 6.07) is 0. The van der Waals surface area contributed by atoms with Gasteiger partial charge in [0.05, 0.1) is 0 Å². The van der Waals surface area contributed by atoms with E-state index in [9.17, 15) is 0 Å². The van der Waals surface area contributed by atoms with Crippen LogP contribution in [0, 0.1) is 0 Å². The molecule has 2 N–H and O–H groups in total. The Morgan fingerprint density at radius 3 is 0.833 bits per heavy atom. The van der Waals surface area contributed by atoms with Gasteiger partial charge in [0.25, 0.3) is 0 Å². The summed E-state index contributed by atoms with van der Waals surface area (Å²) in [5.74, 6) is 0. The summed E-state index contributed by atoms with van der Waals surface area (Å²) in [5, 5.41) is 0. The zero-order valence-corrected chi connectivity index (χ0v) is 13.1. The van der Waals surface area contributed by atoms with Crippen molar-refractivity contribution in [2.45, 2.75) is 0 Å². The third kappa shape index (κ3) is 428. The number of hydrogen-bond donors (Lipinski definition) is 2. The minimum absolute atomic E-state index is 1.72. The molecular weight excluding hydrogens is 345 g/mol. The first-order valence-electron chi connectivity index (χ1n) is 1.96. The maximum atomic E-state index is 8.74. The van der Waals surface area contributed by atoms with E-state index in [2.05, 4.69) is 0 Å². The average Bonchev–Trinajstić information content (AvgIpc) is 1.54. The minimum Gasteiger partial charge on any atom is -0.511 e. The Morgan fingerprint density at radius 1 is 0.833 bits per heavy atom. The van der Waals surface area contributed by atoms with Crippen LogP contribution >= 0.6 is 66.5 Å². The van der Waals surface area contributed by atoms with Crippen molar-refractivity contribution < 1.29 is 14.1 Å². The van der Waals surface area contributed by atoms with Crippen molar-refractivity contribution in [3.8, 4) is 0 Å². The molecule has 0 bridgehead atoms. The van der Waals surface area contributed by atoms with Crippen molar-refractivity contribution in [2.24, 2.45) is 0 Å². The number of halogens is 6. The van der Waals surface area contributed by atoms with Crippen molar-refractivity contribution in [3.63, 3.8) is 0 Å². The van der Waals surface area contributed by atoms with Crippen LogP contribution in [0.2, 0.25) is 0 Å². The van der Waals surface area contributed by atoms with E-state index >= 15 is 0 Å². The highest BCUT2D eigenvalue weighted by atomic mass is 35.8. The van der Waals surface area contributed by atoms with Gasteiger partial charge in [0.1, 0.15) is 0 Å². The number of rotatable bonds is 0. The van der Waals surface area contributed by atoms with Crippen molar-refractivity contribution >= 4 is 89.1 Å². The Kier molecular flexibility index (Phi) is 24.7. The van der Waals surface area contributed by atoms with E-state index in [-0.39, 0.29) is 0 Å². The first kappa shape index (κ1) is 19.4. The van der Waals surface area contributed by atoms with Gasteiger partial charge in [0, 0.05) is 0 Å². The van der Waals surface area contributed by atoms with Gasteiger partial charge in [-0.2, -0.15) is 0 Å². The quantitative estimate of drug-likeness (QED) is 0.511. The topological polar surface area (TPSA) is 57.5 Å². The summed E-state index contributed by atoms with van der Waals surface area (Å²) in [5.41, 5.74) is 0. The molecule has 0 fully saturated rings. The van der Waals surface area contributed by atoms with Gasteiger partial charge < -0.3 is 9.59 Å². The highest BCUT2D eigenvalue weighted by Gasteiger charge is 1.85. The molecule has 0 heterocycles. The molecule has 0 saturated carbocycles. The summed E-state index contributed by atoms with van der Waals surface area (Å²) in [6.45, 7) is -3.44. The van der Waals surface area contributed by atoms with Gasteiger partial charge in [-0.25, -0.2) is 0 Å². The van der Waals surface area contributed by atoms with Crippen LogP contribution in [0.5, 0.6) is 0 Å². The van der Waals surface area contributed by atoms with Crippen molar-refractivity contribution in [3.05, 3.63) is 0 Å². The summed E-state index contributed by atoms with van der Waals surface area (Å²) in [6.07, 6.45) is 0. The van der Waals surface area contributed by atoms with Gasteiger partial charge in [-0.3, -0.25) is 4.46 Å². The SMILES string of the molecule is Cl[SiH](Cl)Cl.Cl[SiH](Cl)Cl.O=[Si](O)O. The molecule has 0 aliphatic carbocycles. The minimum atomic E-state index is -3.13. The summed E-state index contributed by atoms with van der Waals surface area (Å²) in [7, 11) is -3.13. The highest BCUT2D eigenvalue weighted by molar-refractivity contribution is 7.54. The Bertz CT molecular complexity index is 80.5. The molecule has 0 aliphatic rings. The number of hydrogen-bond acceptors (Lipinski definition) is 1. The Hall–Kier alpha value is 1.79. The van der Waals surface area contributed by atoms with E-state index < -0.39 is 22.6 Å². The second-order valence-electron chi connectivity index (χ2n) is 0.777. The molecule has 12 heteroatoms. The second kappa shape index (κ2) is 15.3. The Labute approximate surface area is 102 Å². The van der Waals surface area contributed by atoms with E-state index in [0.29, 0.717) is 0 Å². The van der Waals surface area contributed by atoms with Crippen LogP contribution < -0.4 is 0 Å². The molecule has 0 aliphatic heterocycles. The lowest BCUT2D eigenvalue weighted by molar-refractivity contribution is 0.330. The van der Waals surface area contributed by atoms with E-state index in [1.54, 1.807) is 0 Å². The predicted molar refractivity (Wildman–Crippen MR) is 60.3 cm³/mol. The van der Waals surface area contributed by atoms with Crippen LogP contribution in [0.25, 0.3) is 0 Å². The van der Waals surface area contributed by atoms with E-state index in [4.69, 9.17) is 80.5 Å². The van der Waals surface area contributed by atoms with E-state index in [0.717, 1.165) is 0 Å². The maximum absolute atomic E-state index is 8.74. The van der Waals surface area contributed by atoms with E-state index in [1.165, 1.54) is 0 Å². The average molecular weight is 349 g/mol. The smallest absolute Gasteiger partial charge is 0.511 e. The van der Waals surface area contributed by atoms with Gasteiger partial charge >= 0.3 is 22.6 Å². The van der Waals surface area contributed by atoms with Crippen LogP contribution in [-0.4, -0.2) is 32.2 Å². The molecular formula is H4Cl6O3Si3. The van der Waals surface area contributed by atoms with Gasteiger partial charge in [-0.05, 0) is 0 Å².